The lowest BCUT2D eigenvalue weighted by atomic mass is 10.2. The van der Waals surface area contributed by atoms with E-state index in [1.54, 1.807) is 0 Å². The molecule has 4 nitrogen and oxygen atoms in total. The summed E-state index contributed by atoms with van der Waals surface area (Å²) in [4.78, 5) is 2.09. The molecule has 15 heavy (non-hydrogen) atoms. The summed E-state index contributed by atoms with van der Waals surface area (Å²) in [7, 11) is 0. The number of nitriles is 1. The van der Waals surface area contributed by atoms with E-state index in [-0.39, 0.29) is 6.04 Å². The van der Waals surface area contributed by atoms with Crippen LogP contribution in [0.5, 0.6) is 0 Å². The normalized spacial score (nSPS) is 19.7. The lowest BCUT2D eigenvalue weighted by molar-refractivity contribution is 0.0230. The molecule has 0 N–H and O–H groups in total. The van der Waals surface area contributed by atoms with Gasteiger partial charge in [-0.25, -0.2) is 0 Å². The first-order valence-corrected chi connectivity index (χ1v) is 5.09. The molecule has 0 amide bonds. The first-order chi connectivity index (χ1) is 7.31. The Morgan fingerprint density at radius 1 is 1.40 bits per heavy atom. The predicted octanol–water partition coefficient (Wildman–Crippen LogP) is 1.48. The van der Waals surface area contributed by atoms with Crippen molar-refractivity contribution in [3.05, 3.63) is 23.7 Å². The third-order valence-electron chi connectivity index (χ3n) is 2.56. The first kappa shape index (κ1) is 10.2. The zero-order valence-corrected chi connectivity index (χ0v) is 8.77. The Kier molecular flexibility index (Phi) is 3.05. The molecular formula is C11H14N2O2. The van der Waals surface area contributed by atoms with E-state index in [2.05, 4.69) is 11.0 Å². The maximum atomic E-state index is 9.15. The highest BCUT2D eigenvalue weighted by Gasteiger charge is 2.24. The van der Waals surface area contributed by atoms with E-state index >= 15 is 0 Å². The molecule has 0 aromatic carbocycles. The van der Waals surface area contributed by atoms with Crippen LogP contribution in [0.4, 0.5) is 0 Å². The van der Waals surface area contributed by atoms with Gasteiger partial charge in [-0.15, -0.1) is 0 Å². The zero-order valence-electron chi connectivity index (χ0n) is 8.77. The van der Waals surface area contributed by atoms with Crippen LogP contribution in [-0.4, -0.2) is 31.2 Å². The molecule has 80 valence electrons. The fraction of sp³-hybridized carbons (Fsp3) is 0.545. The van der Waals surface area contributed by atoms with Crippen molar-refractivity contribution in [1.29, 1.82) is 5.26 Å². The first-order valence-electron chi connectivity index (χ1n) is 5.09. The molecule has 2 heterocycles. The van der Waals surface area contributed by atoms with Crippen molar-refractivity contribution >= 4 is 0 Å². The molecule has 1 atom stereocenters. The molecule has 1 unspecified atom stereocenters. The van der Waals surface area contributed by atoms with Crippen LogP contribution in [0.3, 0.4) is 0 Å². The maximum Gasteiger partial charge on any atom is 0.157 e. The minimum absolute atomic E-state index is 0.275. The summed E-state index contributed by atoms with van der Waals surface area (Å²) in [5, 5.41) is 9.15. The lowest BCUT2D eigenvalue weighted by Gasteiger charge is -2.29. The Hall–Kier alpha value is -1.31. The minimum atomic E-state index is -0.275. The highest BCUT2D eigenvalue weighted by molar-refractivity contribution is 5.16. The topological polar surface area (TPSA) is 49.4 Å². The van der Waals surface area contributed by atoms with Gasteiger partial charge >= 0.3 is 0 Å². The van der Waals surface area contributed by atoms with Gasteiger partial charge in [0.2, 0.25) is 0 Å². The van der Waals surface area contributed by atoms with Crippen LogP contribution in [0.25, 0.3) is 0 Å². The van der Waals surface area contributed by atoms with Gasteiger partial charge in [0.25, 0.3) is 0 Å². The van der Waals surface area contributed by atoms with Gasteiger partial charge in [-0.05, 0) is 19.1 Å². The van der Waals surface area contributed by atoms with E-state index in [0.29, 0.717) is 13.2 Å². The largest absolute Gasteiger partial charge is 0.464 e. The Morgan fingerprint density at radius 2 is 2.13 bits per heavy atom. The molecule has 1 aromatic heterocycles. The summed E-state index contributed by atoms with van der Waals surface area (Å²) in [6.07, 6.45) is 0. The predicted molar refractivity (Wildman–Crippen MR) is 54.2 cm³/mol. The molecule has 1 aliphatic rings. The van der Waals surface area contributed by atoms with E-state index in [1.807, 2.05) is 19.1 Å². The van der Waals surface area contributed by atoms with Crippen molar-refractivity contribution in [2.24, 2.45) is 0 Å². The van der Waals surface area contributed by atoms with Crippen LogP contribution in [0.2, 0.25) is 0 Å². The van der Waals surface area contributed by atoms with Gasteiger partial charge in [0.15, 0.2) is 6.04 Å². The summed E-state index contributed by atoms with van der Waals surface area (Å²) in [6, 6.07) is 5.77. The van der Waals surface area contributed by atoms with Crippen molar-refractivity contribution in [2.75, 3.05) is 26.3 Å². The Bertz CT molecular complexity index is 361. The molecule has 2 rings (SSSR count). The molecule has 1 saturated heterocycles. The van der Waals surface area contributed by atoms with Crippen LogP contribution >= 0.6 is 0 Å². The molecule has 1 aliphatic heterocycles. The second kappa shape index (κ2) is 4.47. The lowest BCUT2D eigenvalue weighted by Crippen LogP contribution is -2.38. The van der Waals surface area contributed by atoms with Gasteiger partial charge in [0.05, 0.1) is 19.3 Å². The summed E-state index contributed by atoms with van der Waals surface area (Å²) in [6.45, 7) is 4.85. The van der Waals surface area contributed by atoms with E-state index < -0.39 is 0 Å². The highest BCUT2D eigenvalue weighted by atomic mass is 16.5. The number of ether oxygens (including phenoxy) is 1. The molecule has 4 heteroatoms. The minimum Gasteiger partial charge on any atom is -0.464 e. The maximum absolute atomic E-state index is 9.15. The number of furan rings is 1. The van der Waals surface area contributed by atoms with E-state index in [9.17, 15) is 0 Å². The van der Waals surface area contributed by atoms with Crippen molar-refractivity contribution in [1.82, 2.24) is 4.90 Å². The Labute approximate surface area is 89.0 Å². The van der Waals surface area contributed by atoms with Gasteiger partial charge in [-0.1, -0.05) is 0 Å². The molecular weight excluding hydrogens is 192 g/mol. The van der Waals surface area contributed by atoms with Gasteiger partial charge in [0, 0.05) is 13.1 Å². The fourth-order valence-electron chi connectivity index (χ4n) is 1.76. The molecule has 1 fully saturated rings. The van der Waals surface area contributed by atoms with Crippen LogP contribution in [0.15, 0.2) is 16.5 Å². The Balaban J connectivity index is 2.13. The van der Waals surface area contributed by atoms with Crippen LogP contribution < -0.4 is 0 Å². The smallest absolute Gasteiger partial charge is 0.157 e. The third kappa shape index (κ3) is 2.20. The van der Waals surface area contributed by atoms with E-state index in [0.717, 1.165) is 24.6 Å². The average Bonchev–Trinajstić information content (AvgIpc) is 2.68. The number of rotatable bonds is 2. The SMILES string of the molecule is Cc1ccc(C(C#N)N2CCOCC2)o1. The van der Waals surface area contributed by atoms with Crippen molar-refractivity contribution < 1.29 is 9.15 Å². The number of hydrogen-bond acceptors (Lipinski definition) is 4. The number of hydrogen-bond donors (Lipinski definition) is 0. The Morgan fingerprint density at radius 3 is 2.67 bits per heavy atom. The average molecular weight is 206 g/mol. The molecule has 0 bridgehead atoms. The van der Waals surface area contributed by atoms with Crippen molar-refractivity contribution in [3.8, 4) is 6.07 Å². The molecule has 0 spiro atoms. The molecule has 0 saturated carbocycles. The van der Waals surface area contributed by atoms with Gasteiger partial charge in [-0.2, -0.15) is 5.26 Å². The molecule has 0 radical (unpaired) electrons. The van der Waals surface area contributed by atoms with E-state index in [1.165, 1.54) is 0 Å². The number of aryl methyl sites for hydroxylation is 1. The summed E-state index contributed by atoms with van der Waals surface area (Å²) >= 11 is 0. The zero-order chi connectivity index (χ0) is 10.7. The summed E-state index contributed by atoms with van der Waals surface area (Å²) < 4.78 is 10.7. The van der Waals surface area contributed by atoms with Crippen molar-refractivity contribution in [3.63, 3.8) is 0 Å². The second-order valence-corrected chi connectivity index (χ2v) is 3.63. The third-order valence-corrected chi connectivity index (χ3v) is 2.56. The van der Waals surface area contributed by atoms with E-state index in [4.69, 9.17) is 14.4 Å². The second-order valence-electron chi connectivity index (χ2n) is 3.63. The summed E-state index contributed by atoms with van der Waals surface area (Å²) in [5.41, 5.74) is 0. The van der Waals surface area contributed by atoms with Gasteiger partial charge in [-0.3, -0.25) is 4.90 Å². The summed E-state index contributed by atoms with van der Waals surface area (Å²) in [5.74, 6) is 1.58. The van der Waals surface area contributed by atoms with Gasteiger partial charge < -0.3 is 9.15 Å². The number of morpholine rings is 1. The van der Waals surface area contributed by atoms with Crippen LogP contribution in [0, 0.1) is 18.3 Å². The standard InChI is InChI=1S/C11H14N2O2/c1-9-2-3-11(15-9)10(8-12)13-4-6-14-7-5-13/h2-3,10H,4-7H2,1H3. The monoisotopic (exact) mass is 206 g/mol. The molecule has 1 aromatic rings. The highest BCUT2D eigenvalue weighted by Crippen LogP contribution is 2.22. The fourth-order valence-corrected chi connectivity index (χ4v) is 1.76. The van der Waals surface area contributed by atoms with Crippen LogP contribution in [0.1, 0.15) is 17.6 Å². The number of nitrogens with zero attached hydrogens (tertiary/aromatic N) is 2. The van der Waals surface area contributed by atoms with Gasteiger partial charge in [0.1, 0.15) is 11.5 Å². The van der Waals surface area contributed by atoms with Crippen molar-refractivity contribution in [2.45, 2.75) is 13.0 Å². The quantitative estimate of drug-likeness (QED) is 0.735. The molecule has 0 aliphatic carbocycles. The van der Waals surface area contributed by atoms with Crippen LogP contribution in [-0.2, 0) is 4.74 Å².